The molecule has 3 aromatic carbocycles. The molecule has 1 saturated heterocycles. The van der Waals surface area contributed by atoms with Gasteiger partial charge in [0.25, 0.3) is 0 Å². The third-order valence-electron chi connectivity index (χ3n) is 5.93. The smallest absolute Gasteiger partial charge is 0.180 e. The van der Waals surface area contributed by atoms with E-state index in [-0.39, 0.29) is 18.6 Å². The number of Topliss-reactive ketones (excluding diaryl/α,β-unsaturated/α-hetero) is 1. The normalized spacial score (nSPS) is 16.8. The van der Waals surface area contributed by atoms with E-state index in [0.29, 0.717) is 18.6 Å². The Labute approximate surface area is 208 Å². The molecule has 1 aliphatic heterocycles. The van der Waals surface area contributed by atoms with Gasteiger partial charge in [-0.2, -0.15) is 0 Å². The fourth-order valence-corrected chi connectivity index (χ4v) is 4.61. The summed E-state index contributed by atoms with van der Waals surface area (Å²) in [5.41, 5.74) is 2.60. The minimum absolute atomic E-state index is 0.0113. The van der Waals surface area contributed by atoms with Gasteiger partial charge in [0, 0.05) is 25.2 Å². The molecule has 6 heteroatoms. The van der Waals surface area contributed by atoms with Gasteiger partial charge in [-0.05, 0) is 60.4 Å². The van der Waals surface area contributed by atoms with E-state index >= 15 is 0 Å². The second kappa shape index (κ2) is 12.1. The Morgan fingerprint density at radius 1 is 1.00 bits per heavy atom. The SMILES string of the molecule is O=C(c1ccc(O[C@@H]2CCN(CCCF)C2)cc1)C(Br)c1ccc(OCc2ccccc2)cc1. The van der Waals surface area contributed by atoms with Crippen LogP contribution in [0.1, 0.15) is 39.2 Å². The average Bonchev–Trinajstić information content (AvgIpc) is 3.34. The predicted molar refractivity (Wildman–Crippen MR) is 136 cm³/mol. The van der Waals surface area contributed by atoms with E-state index in [4.69, 9.17) is 9.47 Å². The van der Waals surface area contributed by atoms with Gasteiger partial charge >= 0.3 is 0 Å². The number of likely N-dealkylation sites (tertiary alicyclic amines) is 1. The molecule has 4 rings (SSSR count). The number of carbonyl (C=O) groups is 1. The third kappa shape index (κ3) is 6.67. The summed E-state index contributed by atoms with van der Waals surface area (Å²) in [6.45, 7) is 2.74. The van der Waals surface area contributed by atoms with Crippen molar-refractivity contribution in [3.63, 3.8) is 0 Å². The van der Waals surface area contributed by atoms with Crippen molar-refractivity contribution in [2.75, 3.05) is 26.3 Å². The van der Waals surface area contributed by atoms with Crippen molar-refractivity contribution in [3.8, 4) is 11.5 Å². The molecule has 0 amide bonds. The van der Waals surface area contributed by atoms with Crippen molar-refractivity contribution in [3.05, 3.63) is 95.6 Å². The van der Waals surface area contributed by atoms with Crippen LogP contribution in [0.25, 0.3) is 0 Å². The molecule has 1 unspecified atom stereocenters. The lowest BCUT2D eigenvalue weighted by Gasteiger charge is -2.16. The Bertz CT molecular complexity index is 1040. The monoisotopic (exact) mass is 525 g/mol. The van der Waals surface area contributed by atoms with Crippen LogP contribution in [0.4, 0.5) is 4.39 Å². The van der Waals surface area contributed by atoms with Crippen molar-refractivity contribution in [2.45, 2.75) is 30.4 Å². The minimum atomic E-state index is -0.443. The summed E-state index contributed by atoms with van der Waals surface area (Å²) in [7, 11) is 0. The fourth-order valence-electron chi connectivity index (χ4n) is 4.04. The molecule has 178 valence electrons. The quantitative estimate of drug-likeness (QED) is 0.214. The zero-order valence-electron chi connectivity index (χ0n) is 19.0. The summed E-state index contributed by atoms with van der Waals surface area (Å²) in [4.78, 5) is 14.8. The number of halogens is 2. The lowest BCUT2D eigenvalue weighted by atomic mass is 10.0. The largest absolute Gasteiger partial charge is 0.489 e. The average molecular weight is 526 g/mol. The number of hydrogen-bond donors (Lipinski definition) is 0. The lowest BCUT2D eigenvalue weighted by molar-refractivity contribution is 0.0991. The first kappa shape index (κ1) is 24.4. The molecule has 0 aromatic heterocycles. The summed E-state index contributed by atoms with van der Waals surface area (Å²) in [5, 5.41) is 0. The highest BCUT2D eigenvalue weighted by Gasteiger charge is 2.24. The Morgan fingerprint density at radius 2 is 1.71 bits per heavy atom. The standard InChI is InChI=1S/C28H29BrFNO3/c29-27(22-7-11-24(12-8-22)33-20-21-5-2-1-3-6-21)28(32)23-9-13-25(14-10-23)34-26-15-18-31(19-26)17-4-16-30/h1-3,5-14,26-27H,4,15-20H2/t26-,27?/m1/s1. The molecular weight excluding hydrogens is 497 g/mol. The summed E-state index contributed by atoms with van der Waals surface area (Å²) >= 11 is 3.55. The van der Waals surface area contributed by atoms with Gasteiger partial charge in [-0.3, -0.25) is 14.1 Å². The molecule has 3 aromatic rings. The van der Waals surface area contributed by atoms with E-state index in [1.165, 1.54) is 0 Å². The summed E-state index contributed by atoms with van der Waals surface area (Å²) in [6, 6.07) is 24.9. The molecule has 1 fully saturated rings. The fraction of sp³-hybridized carbons (Fsp3) is 0.321. The Balaban J connectivity index is 1.29. The highest BCUT2D eigenvalue weighted by molar-refractivity contribution is 9.09. The van der Waals surface area contributed by atoms with E-state index < -0.39 is 4.83 Å². The Hall–Kier alpha value is -2.70. The highest BCUT2D eigenvalue weighted by atomic mass is 79.9. The van der Waals surface area contributed by atoms with Crippen LogP contribution in [0.3, 0.4) is 0 Å². The third-order valence-corrected chi connectivity index (χ3v) is 6.87. The van der Waals surface area contributed by atoms with Crippen LogP contribution in [-0.2, 0) is 6.61 Å². The maximum absolute atomic E-state index is 13.0. The lowest BCUT2D eigenvalue weighted by Crippen LogP contribution is -2.26. The van der Waals surface area contributed by atoms with Gasteiger partial charge < -0.3 is 9.47 Å². The zero-order chi connectivity index (χ0) is 23.8. The van der Waals surface area contributed by atoms with Crippen molar-refractivity contribution in [2.24, 2.45) is 0 Å². The number of rotatable bonds is 11. The number of nitrogens with zero attached hydrogens (tertiary/aromatic N) is 1. The van der Waals surface area contributed by atoms with Gasteiger partial charge in [0.1, 0.15) is 29.0 Å². The second-order valence-corrected chi connectivity index (χ2v) is 9.38. The van der Waals surface area contributed by atoms with Gasteiger partial charge in [0.15, 0.2) is 5.78 Å². The summed E-state index contributed by atoms with van der Waals surface area (Å²) < 4.78 is 24.3. The molecule has 0 bridgehead atoms. The second-order valence-electron chi connectivity index (χ2n) is 8.47. The van der Waals surface area contributed by atoms with Crippen molar-refractivity contribution in [1.29, 1.82) is 0 Å². The van der Waals surface area contributed by atoms with E-state index in [1.807, 2.05) is 66.7 Å². The molecule has 0 N–H and O–H groups in total. The zero-order valence-corrected chi connectivity index (χ0v) is 20.6. The number of ketones is 1. The maximum Gasteiger partial charge on any atom is 0.180 e. The molecule has 1 aliphatic rings. The first-order valence-corrected chi connectivity index (χ1v) is 12.5. The predicted octanol–water partition coefficient (Wildman–Crippen LogP) is 6.40. The first-order chi connectivity index (χ1) is 16.6. The van der Waals surface area contributed by atoms with Crippen LogP contribution in [-0.4, -0.2) is 43.1 Å². The number of carbonyl (C=O) groups excluding carboxylic acids is 1. The maximum atomic E-state index is 13.0. The molecule has 1 heterocycles. The van der Waals surface area contributed by atoms with Crippen LogP contribution < -0.4 is 9.47 Å². The Morgan fingerprint density at radius 3 is 2.41 bits per heavy atom. The number of ether oxygens (including phenoxy) is 2. The van der Waals surface area contributed by atoms with Crippen LogP contribution >= 0.6 is 15.9 Å². The van der Waals surface area contributed by atoms with Gasteiger partial charge in [-0.15, -0.1) is 0 Å². The molecule has 4 nitrogen and oxygen atoms in total. The van der Waals surface area contributed by atoms with Gasteiger partial charge in [0.2, 0.25) is 0 Å². The molecule has 0 saturated carbocycles. The molecule has 34 heavy (non-hydrogen) atoms. The molecular formula is C28H29BrFNO3. The molecule has 2 atom stereocenters. The topological polar surface area (TPSA) is 38.8 Å². The number of alkyl halides is 2. The van der Waals surface area contributed by atoms with Crippen LogP contribution in [0.5, 0.6) is 11.5 Å². The van der Waals surface area contributed by atoms with Gasteiger partial charge in [-0.1, -0.05) is 58.4 Å². The van der Waals surface area contributed by atoms with E-state index in [1.54, 1.807) is 12.1 Å². The van der Waals surface area contributed by atoms with Crippen molar-refractivity contribution < 1.29 is 18.7 Å². The molecule has 0 radical (unpaired) electrons. The van der Waals surface area contributed by atoms with E-state index in [9.17, 15) is 9.18 Å². The highest BCUT2D eigenvalue weighted by Crippen LogP contribution is 2.30. The first-order valence-electron chi connectivity index (χ1n) is 11.6. The van der Waals surface area contributed by atoms with Gasteiger partial charge in [0.05, 0.1) is 6.67 Å². The van der Waals surface area contributed by atoms with Crippen molar-refractivity contribution >= 4 is 21.7 Å². The van der Waals surface area contributed by atoms with Crippen LogP contribution in [0.15, 0.2) is 78.9 Å². The summed E-state index contributed by atoms with van der Waals surface area (Å²) in [5.74, 6) is 1.50. The number of benzene rings is 3. The number of hydrogen-bond acceptors (Lipinski definition) is 4. The molecule has 0 spiro atoms. The van der Waals surface area contributed by atoms with Crippen LogP contribution in [0.2, 0.25) is 0 Å². The van der Waals surface area contributed by atoms with E-state index in [0.717, 1.165) is 48.7 Å². The Kier molecular flexibility index (Phi) is 8.72. The van der Waals surface area contributed by atoms with Crippen LogP contribution in [0, 0.1) is 0 Å². The summed E-state index contributed by atoms with van der Waals surface area (Å²) in [6.07, 6.45) is 1.61. The van der Waals surface area contributed by atoms with Crippen molar-refractivity contribution in [1.82, 2.24) is 4.90 Å². The molecule has 0 aliphatic carbocycles. The minimum Gasteiger partial charge on any atom is -0.489 e. The van der Waals surface area contributed by atoms with E-state index in [2.05, 4.69) is 20.8 Å². The van der Waals surface area contributed by atoms with Gasteiger partial charge in [-0.25, -0.2) is 0 Å².